The topological polar surface area (TPSA) is 49.9 Å². The van der Waals surface area contributed by atoms with Gasteiger partial charge in [-0.2, -0.15) is 26.3 Å². The second kappa shape index (κ2) is 7.70. The van der Waals surface area contributed by atoms with Gasteiger partial charge in [0.15, 0.2) is 0 Å². The average Bonchev–Trinajstić information content (AvgIpc) is 2.58. The van der Waals surface area contributed by atoms with Crippen LogP contribution in [0.25, 0.3) is 0 Å². The zero-order valence-corrected chi connectivity index (χ0v) is 14.2. The number of carbonyl (C=O) groups is 2. The van der Waals surface area contributed by atoms with Crippen molar-refractivity contribution in [1.29, 1.82) is 0 Å². The van der Waals surface area contributed by atoms with Crippen molar-refractivity contribution in [3.63, 3.8) is 0 Å². The van der Waals surface area contributed by atoms with Crippen LogP contribution in [0.5, 0.6) is 0 Å². The van der Waals surface area contributed by atoms with Crippen LogP contribution >= 0.6 is 0 Å². The number of cyclic esters (lactones) is 1. The molecule has 27 heavy (non-hydrogen) atoms. The summed E-state index contributed by atoms with van der Waals surface area (Å²) < 4.78 is 93.6. The molecule has 2 saturated heterocycles. The maximum absolute atomic E-state index is 13.6. The van der Waals surface area contributed by atoms with Gasteiger partial charge in [-0.3, -0.25) is 4.79 Å². The van der Waals surface area contributed by atoms with Crippen molar-refractivity contribution < 1.29 is 45.1 Å². The lowest BCUT2D eigenvalue weighted by Gasteiger charge is -2.39. The molecule has 156 valence electrons. The molecule has 0 bridgehead atoms. The van der Waals surface area contributed by atoms with E-state index in [9.17, 15) is 40.3 Å². The molecule has 2 heterocycles. The summed E-state index contributed by atoms with van der Waals surface area (Å²) in [5, 5.41) is 0. The van der Waals surface area contributed by atoms with Crippen molar-refractivity contribution in [3.8, 4) is 0 Å². The van der Waals surface area contributed by atoms with Gasteiger partial charge >= 0.3 is 18.4 Å². The van der Waals surface area contributed by atoms with Gasteiger partial charge in [0.25, 0.3) is 5.67 Å². The number of hydrogen-bond acceptors (Lipinski definition) is 3. The van der Waals surface area contributed by atoms with E-state index in [0.29, 0.717) is 32.4 Å². The molecule has 0 aromatic rings. The molecule has 0 aromatic heterocycles. The molecule has 0 aromatic carbocycles. The molecule has 2 rings (SSSR count). The third-order valence-corrected chi connectivity index (χ3v) is 4.84. The van der Waals surface area contributed by atoms with Gasteiger partial charge in [-0.15, -0.1) is 0 Å². The van der Waals surface area contributed by atoms with Crippen LogP contribution in [0.3, 0.4) is 0 Å². The first-order valence-corrected chi connectivity index (χ1v) is 8.40. The molecule has 0 saturated carbocycles. The lowest BCUT2D eigenvalue weighted by atomic mass is 9.96. The number of rotatable bonds is 4. The summed E-state index contributed by atoms with van der Waals surface area (Å²) in [6.07, 6.45) is -14.7. The van der Waals surface area contributed by atoms with E-state index in [1.165, 1.54) is 4.90 Å². The molecule has 0 atom stereocenters. The Labute approximate surface area is 150 Å². The highest BCUT2D eigenvalue weighted by molar-refractivity contribution is 5.76. The number of amides is 2. The Hall–Kier alpha value is -1.75. The first kappa shape index (κ1) is 21.5. The lowest BCUT2D eigenvalue weighted by Crippen LogP contribution is -2.54. The van der Waals surface area contributed by atoms with Gasteiger partial charge in [0, 0.05) is 38.5 Å². The van der Waals surface area contributed by atoms with Gasteiger partial charge in [0.1, 0.15) is 0 Å². The molecule has 2 aliphatic heterocycles. The van der Waals surface area contributed by atoms with E-state index in [1.807, 2.05) is 0 Å². The fourth-order valence-corrected chi connectivity index (χ4v) is 3.21. The standard InChI is InChI=1S/C15H19F7N2O3/c16-13(14(17,18)19,15(20,21)22)5-2-11(25)23-7-3-10(4-8-23)24-6-1-9-27-12(24)26/h10H,1-9H2. The van der Waals surface area contributed by atoms with Gasteiger partial charge in [-0.05, 0) is 19.3 Å². The Morgan fingerprint density at radius 3 is 2.04 bits per heavy atom. The van der Waals surface area contributed by atoms with E-state index >= 15 is 0 Å². The van der Waals surface area contributed by atoms with E-state index in [1.54, 1.807) is 0 Å². The summed E-state index contributed by atoms with van der Waals surface area (Å²) in [5.41, 5.74) is -5.43. The van der Waals surface area contributed by atoms with E-state index < -0.39 is 42.9 Å². The maximum atomic E-state index is 13.6. The summed E-state index contributed by atoms with van der Waals surface area (Å²) in [4.78, 5) is 26.2. The van der Waals surface area contributed by atoms with Crippen LogP contribution in [-0.4, -0.2) is 72.1 Å². The van der Waals surface area contributed by atoms with E-state index in [-0.39, 0.29) is 19.1 Å². The Balaban J connectivity index is 1.89. The number of hydrogen-bond donors (Lipinski definition) is 0. The predicted molar refractivity (Wildman–Crippen MR) is 77.5 cm³/mol. The zero-order valence-electron chi connectivity index (χ0n) is 14.2. The van der Waals surface area contributed by atoms with E-state index in [4.69, 9.17) is 4.74 Å². The van der Waals surface area contributed by atoms with Gasteiger partial charge in [0.2, 0.25) is 5.91 Å². The second-order valence-electron chi connectivity index (χ2n) is 6.57. The zero-order chi connectivity index (χ0) is 20.5. The molecule has 0 N–H and O–H groups in total. The molecular formula is C15H19F7N2O3. The smallest absolute Gasteiger partial charge is 0.431 e. The van der Waals surface area contributed by atoms with Crippen molar-refractivity contribution in [2.24, 2.45) is 0 Å². The van der Waals surface area contributed by atoms with Crippen molar-refractivity contribution in [3.05, 3.63) is 0 Å². The number of halogens is 7. The number of carbonyl (C=O) groups excluding carboxylic acids is 2. The summed E-state index contributed by atoms with van der Waals surface area (Å²) in [7, 11) is 0. The average molecular weight is 408 g/mol. The molecule has 0 radical (unpaired) electrons. The number of ether oxygens (including phenoxy) is 1. The van der Waals surface area contributed by atoms with Crippen molar-refractivity contribution in [2.45, 2.75) is 56.2 Å². The van der Waals surface area contributed by atoms with Crippen LogP contribution in [0, 0.1) is 0 Å². The van der Waals surface area contributed by atoms with Crippen molar-refractivity contribution in [1.82, 2.24) is 9.80 Å². The SMILES string of the molecule is O=C(CCC(F)(C(F)(F)F)C(F)(F)F)N1CCC(N2CCCOC2=O)CC1. The minimum Gasteiger partial charge on any atom is -0.449 e. The summed E-state index contributed by atoms with van der Waals surface area (Å²) in [5.74, 6) is -0.981. The molecular weight excluding hydrogens is 389 g/mol. The van der Waals surface area contributed by atoms with Crippen LogP contribution in [0.15, 0.2) is 0 Å². The fourth-order valence-electron chi connectivity index (χ4n) is 3.21. The minimum atomic E-state index is -6.16. The summed E-state index contributed by atoms with van der Waals surface area (Å²) >= 11 is 0. The predicted octanol–water partition coefficient (Wildman–Crippen LogP) is 3.43. The minimum absolute atomic E-state index is 0.0601. The lowest BCUT2D eigenvalue weighted by molar-refractivity contribution is -0.343. The van der Waals surface area contributed by atoms with Crippen LogP contribution < -0.4 is 0 Å². The normalized spacial score (nSPS) is 20.6. The van der Waals surface area contributed by atoms with Gasteiger partial charge in [-0.25, -0.2) is 9.18 Å². The van der Waals surface area contributed by atoms with Crippen LogP contribution in [0.1, 0.15) is 32.1 Å². The third-order valence-electron chi connectivity index (χ3n) is 4.84. The van der Waals surface area contributed by atoms with Crippen molar-refractivity contribution >= 4 is 12.0 Å². The Morgan fingerprint density at radius 1 is 1.00 bits per heavy atom. The first-order chi connectivity index (χ1) is 12.4. The Bertz CT molecular complexity index is 543. The molecule has 0 aliphatic carbocycles. The highest BCUT2D eigenvalue weighted by Crippen LogP contribution is 2.49. The summed E-state index contributed by atoms with van der Waals surface area (Å²) in [6, 6.07) is -0.215. The number of alkyl halides is 7. The van der Waals surface area contributed by atoms with Crippen LogP contribution in [-0.2, 0) is 9.53 Å². The fraction of sp³-hybridized carbons (Fsp3) is 0.867. The first-order valence-electron chi connectivity index (χ1n) is 8.40. The highest BCUT2D eigenvalue weighted by atomic mass is 19.4. The largest absolute Gasteiger partial charge is 0.449 e. The van der Waals surface area contributed by atoms with Gasteiger partial charge in [0.05, 0.1) is 6.61 Å². The quantitative estimate of drug-likeness (QED) is 0.670. The number of piperidine rings is 1. The van der Waals surface area contributed by atoms with Crippen LogP contribution in [0.4, 0.5) is 35.5 Å². The Kier molecular flexibility index (Phi) is 6.15. The molecule has 5 nitrogen and oxygen atoms in total. The third kappa shape index (κ3) is 4.57. The highest BCUT2D eigenvalue weighted by Gasteiger charge is 2.72. The molecule has 0 unspecified atom stereocenters. The molecule has 2 fully saturated rings. The summed E-state index contributed by atoms with van der Waals surface area (Å²) in [6.45, 7) is 0.921. The van der Waals surface area contributed by atoms with E-state index in [2.05, 4.69) is 0 Å². The molecule has 12 heteroatoms. The van der Waals surface area contributed by atoms with Gasteiger partial charge < -0.3 is 14.5 Å². The number of nitrogens with zero attached hydrogens (tertiary/aromatic N) is 2. The van der Waals surface area contributed by atoms with E-state index in [0.717, 1.165) is 4.90 Å². The molecule has 0 spiro atoms. The number of likely N-dealkylation sites (tertiary alicyclic amines) is 1. The van der Waals surface area contributed by atoms with Crippen molar-refractivity contribution in [2.75, 3.05) is 26.2 Å². The second-order valence-corrected chi connectivity index (χ2v) is 6.57. The maximum Gasteiger partial charge on any atom is 0.431 e. The monoisotopic (exact) mass is 408 g/mol. The van der Waals surface area contributed by atoms with Crippen LogP contribution in [0.2, 0.25) is 0 Å². The van der Waals surface area contributed by atoms with Gasteiger partial charge in [-0.1, -0.05) is 0 Å². The molecule has 2 aliphatic rings. The Morgan fingerprint density at radius 2 is 1.56 bits per heavy atom. The molecule has 2 amide bonds.